The van der Waals surface area contributed by atoms with Gasteiger partial charge in [0.15, 0.2) is 0 Å². The van der Waals surface area contributed by atoms with Crippen LogP contribution in [0.5, 0.6) is 0 Å². The normalized spacial score (nSPS) is 17.4. The van der Waals surface area contributed by atoms with E-state index in [9.17, 15) is 19.2 Å². The van der Waals surface area contributed by atoms with Crippen molar-refractivity contribution in [2.75, 3.05) is 33.8 Å². The molecule has 30 heavy (non-hydrogen) atoms. The Bertz CT molecular complexity index is 1040. The van der Waals surface area contributed by atoms with E-state index < -0.39 is 11.6 Å². The van der Waals surface area contributed by atoms with Crippen molar-refractivity contribution in [3.8, 4) is 0 Å². The number of fused-ring (bicyclic) bond motifs is 2. The Labute approximate surface area is 182 Å². The molecule has 0 N–H and O–H groups in total. The zero-order valence-electron chi connectivity index (χ0n) is 16.4. The van der Waals surface area contributed by atoms with E-state index >= 15 is 0 Å². The van der Waals surface area contributed by atoms with Gasteiger partial charge in [0.25, 0.3) is 0 Å². The number of nitrogens with zero attached hydrogens (tertiary/aromatic N) is 2. The van der Waals surface area contributed by atoms with E-state index in [1.165, 1.54) is 33.3 Å². The molecule has 2 aromatic carbocycles. The van der Waals surface area contributed by atoms with Crippen LogP contribution >= 0.6 is 23.5 Å². The Morgan fingerprint density at radius 1 is 0.700 bits per heavy atom. The lowest BCUT2D eigenvalue weighted by Gasteiger charge is -2.24. The summed E-state index contributed by atoms with van der Waals surface area (Å²) < 4.78 is 0. The van der Waals surface area contributed by atoms with E-state index in [1.807, 2.05) is 0 Å². The second kappa shape index (κ2) is 8.12. The molecular weight excluding hydrogens is 420 g/mol. The molecule has 2 aliphatic heterocycles. The van der Waals surface area contributed by atoms with Gasteiger partial charge in [0, 0.05) is 11.1 Å². The first-order chi connectivity index (χ1) is 14.5. The van der Waals surface area contributed by atoms with Gasteiger partial charge in [-0.25, -0.2) is 0 Å². The molecule has 2 amide bonds. The molecule has 0 spiro atoms. The minimum absolute atomic E-state index is 0.0501. The molecule has 0 aromatic heterocycles. The van der Waals surface area contributed by atoms with Crippen molar-refractivity contribution < 1.29 is 19.2 Å². The third-order valence-corrected chi connectivity index (χ3v) is 5.99. The van der Waals surface area contributed by atoms with Crippen LogP contribution in [0.15, 0.2) is 59.9 Å². The van der Waals surface area contributed by atoms with E-state index in [0.717, 1.165) is 0 Å². The predicted octanol–water partition coefficient (Wildman–Crippen LogP) is 3.38. The molecule has 0 unspecified atom stereocenters. The lowest BCUT2D eigenvalue weighted by Crippen LogP contribution is -2.38. The van der Waals surface area contributed by atoms with Crippen molar-refractivity contribution in [2.24, 2.45) is 0 Å². The van der Waals surface area contributed by atoms with Crippen molar-refractivity contribution in [3.63, 3.8) is 0 Å². The fraction of sp³-hybridized carbons (Fsp3) is 0.182. The SMILES string of the molecule is CSCC(=O)N1/C(=C2\C(=O)c3ccccc3N2C(=O)CSC)C(=O)c2ccccc21. The summed E-state index contributed by atoms with van der Waals surface area (Å²) in [4.78, 5) is 55.3. The standard InChI is InChI=1S/C22H18N2O4S2/c1-29-11-17(25)23-15-9-5-3-7-13(15)21(27)19(23)20-22(28)14-8-4-6-10-16(14)24(20)18(26)12-30-2/h3-10H,11-12H2,1-2H3/b20-19+. The molecule has 152 valence electrons. The van der Waals surface area contributed by atoms with Crippen molar-refractivity contribution >= 4 is 58.3 Å². The number of Topliss-reactive ketones (excluding diaryl/α,β-unsaturated/α-hetero) is 2. The average Bonchev–Trinajstić information content (AvgIpc) is 3.20. The summed E-state index contributed by atoms with van der Waals surface area (Å²) in [5.41, 5.74) is 1.46. The highest BCUT2D eigenvalue weighted by Crippen LogP contribution is 2.42. The van der Waals surface area contributed by atoms with Crippen LogP contribution in [0, 0.1) is 0 Å². The van der Waals surface area contributed by atoms with Gasteiger partial charge in [0.1, 0.15) is 11.4 Å². The minimum Gasteiger partial charge on any atom is -0.287 e. The second-order valence-corrected chi connectivity index (χ2v) is 8.45. The Morgan fingerprint density at radius 3 is 1.43 bits per heavy atom. The molecule has 0 radical (unpaired) electrons. The van der Waals surface area contributed by atoms with E-state index in [-0.39, 0.29) is 34.7 Å². The van der Waals surface area contributed by atoms with Crippen LogP contribution in [0.1, 0.15) is 20.7 Å². The van der Waals surface area contributed by atoms with Crippen LogP contribution in [-0.2, 0) is 9.59 Å². The number of amides is 2. The highest BCUT2D eigenvalue weighted by atomic mass is 32.2. The van der Waals surface area contributed by atoms with Crippen LogP contribution in [-0.4, -0.2) is 47.4 Å². The van der Waals surface area contributed by atoms with Crippen molar-refractivity contribution in [1.29, 1.82) is 0 Å². The van der Waals surface area contributed by atoms with Gasteiger partial charge in [0.05, 0.1) is 22.9 Å². The summed E-state index contributed by atoms with van der Waals surface area (Å²) >= 11 is 2.65. The first-order valence-electron chi connectivity index (χ1n) is 9.16. The minimum atomic E-state index is -0.432. The number of ketones is 2. The van der Waals surface area contributed by atoms with Crippen LogP contribution in [0.25, 0.3) is 0 Å². The van der Waals surface area contributed by atoms with E-state index in [2.05, 4.69) is 0 Å². The number of hydrogen-bond donors (Lipinski definition) is 0. The van der Waals surface area contributed by atoms with Gasteiger partial charge in [-0.3, -0.25) is 29.0 Å². The Kier molecular flexibility index (Phi) is 5.53. The highest BCUT2D eigenvalue weighted by molar-refractivity contribution is 7.99. The third kappa shape index (κ3) is 3.07. The highest BCUT2D eigenvalue weighted by Gasteiger charge is 2.46. The maximum absolute atomic E-state index is 13.4. The van der Waals surface area contributed by atoms with Gasteiger partial charge < -0.3 is 0 Å². The molecule has 0 fully saturated rings. The third-order valence-electron chi connectivity index (χ3n) is 4.92. The number of hydrogen-bond acceptors (Lipinski definition) is 6. The number of anilines is 2. The second-order valence-electron chi connectivity index (χ2n) is 6.71. The molecule has 8 heteroatoms. The quantitative estimate of drug-likeness (QED) is 0.682. The molecule has 2 heterocycles. The summed E-state index contributed by atoms with van der Waals surface area (Å²) in [6, 6.07) is 13.5. The van der Waals surface area contributed by atoms with Gasteiger partial charge in [-0.05, 0) is 36.8 Å². The molecule has 0 atom stereocenters. The molecule has 2 aromatic rings. The molecule has 6 nitrogen and oxygen atoms in total. The summed E-state index contributed by atoms with van der Waals surface area (Å²) in [5.74, 6) is -1.22. The van der Waals surface area contributed by atoms with Crippen LogP contribution in [0.3, 0.4) is 0 Å². The van der Waals surface area contributed by atoms with E-state index in [0.29, 0.717) is 22.5 Å². The summed E-state index contributed by atoms with van der Waals surface area (Å²) in [5, 5.41) is 0. The number of para-hydroxylation sites is 2. The van der Waals surface area contributed by atoms with E-state index in [1.54, 1.807) is 61.0 Å². The lowest BCUT2D eigenvalue weighted by atomic mass is 10.1. The average molecular weight is 439 g/mol. The fourth-order valence-electron chi connectivity index (χ4n) is 3.74. The molecule has 4 rings (SSSR count). The summed E-state index contributed by atoms with van der Waals surface area (Å²) in [6.07, 6.45) is 3.58. The summed E-state index contributed by atoms with van der Waals surface area (Å²) in [6.45, 7) is 0. The first kappa shape index (κ1) is 20.4. The van der Waals surface area contributed by atoms with Gasteiger partial charge in [-0.1, -0.05) is 24.3 Å². The Balaban J connectivity index is 1.99. The summed E-state index contributed by atoms with van der Waals surface area (Å²) in [7, 11) is 0. The Morgan fingerprint density at radius 2 is 1.07 bits per heavy atom. The number of carbonyl (C=O) groups excluding carboxylic acids is 4. The maximum atomic E-state index is 13.4. The number of rotatable bonds is 4. The smallest absolute Gasteiger partial charge is 0.241 e. The molecular formula is C22H18N2O4S2. The largest absolute Gasteiger partial charge is 0.287 e. The zero-order chi connectivity index (χ0) is 21.4. The Hall–Kier alpha value is -2.84. The van der Waals surface area contributed by atoms with Crippen molar-refractivity contribution in [1.82, 2.24) is 0 Å². The van der Waals surface area contributed by atoms with Crippen LogP contribution in [0.4, 0.5) is 11.4 Å². The number of thioether (sulfide) groups is 2. The van der Waals surface area contributed by atoms with Gasteiger partial charge in [0.2, 0.25) is 23.4 Å². The molecule has 2 aliphatic rings. The molecule has 0 aliphatic carbocycles. The topological polar surface area (TPSA) is 74.8 Å². The zero-order valence-corrected chi connectivity index (χ0v) is 18.0. The molecule has 0 saturated heterocycles. The fourth-order valence-corrected chi connectivity index (χ4v) is 4.49. The van der Waals surface area contributed by atoms with Crippen LogP contribution in [0.2, 0.25) is 0 Å². The van der Waals surface area contributed by atoms with Gasteiger partial charge >= 0.3 is 0 Å². The predicted molar refractivity (Wildman–Crippen MR) is 120 cm³/mol. The first-order valence-corrected chi connectivity index (χ1v) is 12.0. The van der Waals surface area contributed by atoms with Gasteiger partial charge in [-0.2, -0.15) is 23.5 Å². The maximum Gasteiger partial charge on any atom is 0.241 e. The number of carbonyl (C=O) groups is 4. The molecule has 0 bridgehead atoms. The monoisotopic (exact) mass is 438 g/mol. The number of benzene rings is 2. The van der Waals surface area contributed by atoms with Crippen molar-refractivity contribution in [2.45, 2.75) is 0 Å². The van der Waals surface area contributed by atoms with E-state index in [4.69, 9.17) is 0 Å². The number of allylic oxidation sites excluding steroid dienone is 2. The van der Waals surface area contributed by atoms with Gasteiger partial charge in [-0.15, -0.1) is 0 Å². The van der Waals surface area contributed by atoms with Crippen LogP contribution < -0.4 is 9.80 Å². The molecule has 0 saturated carbocycles. The lowest BCUT2D eigenvalue weighted by molar-refractivity contribution is -0.116. The van der Waals surface area contributed by atoms with Crippen molar-refractivity contribution in [3.05, 3.63) is 71.1 Å².